The Bertz CT molecular complexity index is 1020. The molecule has 2 aromatic carbocycles. The van der Waals surface area contributed by atoms with E-state index in [0.29, 0.717) is 11.1 Å². The van der Waals surface area contributed by atoms with Crippen molar-refractivity contribution in [3.63, 3.8) is 0 Å². The number of benzene rings is 2. The third kappa shape index (κ3) is 3.39. The minimum absolute atomic E-state index is 0.0260. The van der Waals surface area contributed by atoms with E-state index in [1.165, 1.54) is 4.57 Å². The Balaban J connectivity index is 1.73. The molecule has 1 N–H and O–H groups in total. The zero-order valence-corrected chi connectivity index (χ0v) is 12.8. The molecule has 25 heavy (non-hydrogen) atoms. The Labute approximate surface area is 139 Å². The highest BCUT2D eigenvalue weighted by Crippen LogP contribution is 2.21. The van der Waals surface area contributed by atoms with Crippen molar-refractivity contribution in [2.24, 2.45) is 0 Å². The lowest BCUT2D eigenvalue weighted by Gasteiger charge is -2.06. The van der Waals surface area contributed by atoms with Gasteiger partial charge in [0.1, 0.15) is 5.82 Å². The van der Waals surface area contributed by atoms with E-state index in [1.807, 2.05) is 0 Å². The van der Waals surface area contributed by atoms with Gasteiger partial charge in [-0.25, -0.2) is 9.18 Å². The molecule has 0 aliphatic heterocycles. The molecule has 0 fully saturated rings. The number of amides is 1. The van der Waals surface area contributed by atoms with Crippen LogP contribution in [0.2, 0.25) is 0 Å². The summed E-state index contributed by atoms with van der Waals surface area (Å²) in [5.41, 5.74) is 0.316. The van der Waals surface area contributed by atoms with E-state index >= 15 is 0 Å². The highest BCUT2D eigenvalue weighted by atomic mass is 19.1. The van der Waals surface area contributed by atoms with Gasteiger partial charge in [0.25, 0.3) is 5.69 Å². The molecule has 0 aliphatic carbocycles. The van der Waals surface area contributed by atoms with Crippen molar-refractivity contribution in [1.29, 1.82) is 0 Å². The van der Waals surface area contributed by atoms with Gasteiger partial charge < -0.3 is 9.73 Å². The van der Waals surface area contributed by atoms with E-state index in [2.05, 4.69) is 5.32 Å². The Morgan fingerprint density at radius 2 is 2.04 bits per heavy atom. The lowest BCUT2D eigenvalue weighted by molar-refractivity contribution is -0.384. The first kappa shape index (κ1) is 16.4. The molecule has 1 aromatic heterocycles. The predicted octanol–water partition coefficient (Wildman–Crippen LogP) is 2.67. The molecule has 0 unspecified atom stereocenters. The van der Waals surface area contributed by atoms with Gasteiger partial charge >= 0.3 is 5.76 Å². The number of nitro benzene ring substituents is 1. The van der Waals surface area contributed by atoms with Crippen LogP contribution in [0.15, 0.2) is 51.7 Å². The number of non-ortho nitro benzene ring substituents is 1. The van der Waals surface area contributed by atoms with E-state index in [4.69, 9.17) is 4.42 Å². The van der Waals surface area contributed by atoms with E-state index < -0.39 is 22.4 Å². The van der Waals surface area contributed by atoms with Crippen LogP contribution in [-0.2, 0) is 11.3 Å². The fourth-order valence-electron chi connectivity index (χ4n) is 2.37. The standard InChI is InChI=1S/C16H12FN3O5/c17-11-6-5-10(20(23)24)9-12(11)18-15(21)7-8-19-13-3-1-2-4-14(13)25-16(19)22/h1-6,9H,7-8H2,(H,18,21). The van der Waals surface area contributed by atoms with Crippen LogP contribution < -0.4 is 11.1 Å². The number of carbonyl (C=O) groups excluding carboxylic acids is 1. The lowest BCUT2D eigenvalue weighted by Crippen LogP contribution is -2.20. The van der Waals surface area contributed by atoms with Gasteiger partial charge in [-0.2, -0.15) is 0 Å². The summed E-state index contributed by atoms with van der Waals surface area (Å²) in [5.74, 6) is -1.98. The minimum Gasteiger partial charge on any atom is -0.408 e. The summed E-state index contributed by atoms with van der Waals surface area (Å²) in [6.45, 7) is 0.0260. The first-order chi connectivity index (χ1) is 12.0. The summed E-state index contributed by atoms with van der Waals surface area (Å²) < 4.78 is 20.0. The van der Waals surface area contributed by atoms with Crippen LogP contribution in [0.5, 0.6) is 0 Å². The first-order valence-electron chi connectivity index (χ1n) is 7.28. The zero-order valence-electron chi connectivity index (χ0n) is 12.8. The Hall–Kier alpha value is -3.49. The van der Waals surface area contributed by atoms with Gasteiger partial charge in [0.15, 0.2) is 5.58 Å². The van der Waals surface area contributed by atoms with Gasteiger partial charge in [0.2, 0.25) is 5.91 Å². The van der Waals surface area contributed by atoms with Crippen LogP contribution >= 0.6 is 0 Å². The Kier molecular flexibility index (Phi) is 4.29. The third-order valence-electron chi connectivity index (χ3n) is 3.57. The van der Waals surface area contributed by atoms with Crippen molar-refractivity contribution >= 4 is 28.4 Å². The molecule has 1 heterocycles. The van der Waals surface area contributed by atoms with Crippen molar-refractivity contribution in [3.05, 3.63) is 68.9 Å². The fraction of sp³-hybridized carbons (Fsp3) is 0.125. The number of oxazole rings is 1. The van der Waals surface area contributed by atoms with Gasteiger partial charge in [-0.05, 0) is 18.2 Å². The number of fused-ring (bicyclic) bond motifs is 1. The average molecular weight is 345 g/mol. The average Bonchev–Trinajstić information content (AvgIpc) is 2.90. The number of aromatic nitrogens is 1. The molecule has 3 aromatic rings. The van der Waals surface area contributed by atoms with Crippen molar-refractivity contribution in [3.8, 4) is 0 Å². The van der Waals surface area contributed by atoms with E-state index in [0.717, 1.165) is 18.2 Å². The molecule has 0 bridgehead atoms. The summed E-state index contributed by atoms with van der Waals surface area (Å²) >= 11 is 0. The largest absolute Gasteiger partial charge is 0.419 e. The number of anilines is 1. The number of para-hydroxylation sites is 2. The summed E-state index contributed by atoms with van der Waals surface area (Å²) in [6, 6.07) is 9.60. The maximum atomic E-state index is 13.7. The molecule has 0 radical (unpaired) electrons. The van der Waals surface area contributed by atoms with Gasteiger partial charge in [0, 0.05) is 25.1 Å². The molecule has 8 nitrogen and oxygen atoms in total. The topological polar surface area (TPSA) is 107 Å². The number of nitro groups is 1. The van der Waals surface area contributed by atoms with Crippen LogP contribution in [0.3, 0.4) is 0 Å². The fourth-order valence-corrected chi connectivity index (χ4v) is 2.37. The maximum absolute atomic E-state index is 13.7. The maximum Gasteiger partial charge on any atom is 0.419 e. The van der Waals surface area contributed by atoms with Crippen LogP contribution in [-0.4, -0.2) is 15.4 Å². The van der Waals surface area contributed by atoms with Gasteiger partial charge in [-0.3, -0.25) is 19.5 Å². The second kappa shape index (κ2) is 6.56. The quantitative estimate of drug-likeness (QED) is 0.565. The SMILES string of the molecule is O=C(CCn1c(=O)oc2ccccc21)Nc1cc([N+](=O)[O-])ccc1F. The molecule has 0 saturated carbocycles. The van der Waals surface area contributed by atoms with Crippen LogP contribution in [0.1, 0.15) is 6.42 Å². The normalized spacial score (nSPS) is 10.8. The number of rotatable bonds is 5. The van der Waals surface area contributed by atoms with Crippen LogP contribution in [0.25, 0.3) is 11.1 Å². The molecule has 0 atom stereocenters. The molecular weight excluding hydrogens is 333 g/mol. The molecule has 9 heteroatoms. The highest BCUT2D eigenvalue weighted by Gasteiger charge is 2.14. The highest BCUT2D eigenvalue weighted by molar-refractivity contribution is 5.91. The first-order valence-corrected chi connectivity index (χ1v) is 7.28. The molecule has 1 amide bonds. The molecule has 0 aliphatic rings. The summed E-state index contributed by atoms with van der Waals surface area (Å²) in [6.07, 6.45) is -0.133. The van der Waals surface area contributed by atoms with Gasteiger partial charge in [-0.15, -0.1) is 0 Å². The molecule has 0 spiro atoms. The predicted molar refractivity (Wildman–Crippen MR) is 86.8 cm³/mol. The number of nitrogens with zero attached hydrogens (tertiary/aromatic N) is 2. The van der Waals surface area contributed by atoms with E-state index in [1.54, 1.807) is 24.3 Å². The number of hydrogen-bond acceptors (Lipinski definition) is 5. The summed E-state index contributed by atoms with van der Waals surface area (Å²) in [7, 11) is 0. The monoisotopic (exact) mass is 345 g/mol. The number of hydrogen-bond donors (Lipinski definition) is 1. The van der Waals surface area contributed by atoms with Crippen molar-refractivity contribution < 1.29 is 18.5 Å². The van der Waals surface area contributed by atoms with Crippen molar-refractivity contribution in [2.45, 2.75) is 13.0 Å². The van der Waals surface area contributed by atoms with Crippen LogP contribution in [0.4, 0.5) is 15.8 Å². The zero-order chi connectivity index (χ0) is 18.0. The molecule has 3 rings (SSSR count). The van der Waals surface area contributed by atoms with Crippen molar-refractivity contribution in [2.75, 3.05) is 5.32 Å². The number of nitrogens with one attached hydrogen (secondary N) is 1. The Morgan fingerprint density at radius 3 is 2.80 bits per heavy atom. The Morgan fingerprint density at radius 1 is 1.28 bits per heavy atom. The molecule has 128 valence electrons. The van der Waals surface area contributed by atoms with Gasteiger partial charge in [0.05, 0.1) is 16.1 Å². The second-order valence-corrected chi connectivity index (χ2v) is 5.21. The molecular formula is C16H12FN3O5. The lowest BCUT2D eigenvalue weighted by atomic mass is 10.2. The summed E-state index contributed by atoms with van der Waals surface area (Å²) in [5, 5.41) is 13.0. The van der Waals surface area contributed by atoms with E-state index in [-0.39, 0.29) is 24.3 Å². The number of halogens is 1. The third-order valence-corrected chi connectivity index (χ3v) is 3.57. The molecule has 0 saturated heterocycles. The summed E-state index contributed by atoms with van der Waals surface area (Å²) in [4.78, 5) is 33.8. The van der Waals surface area contributed by atoms with Crippen LogP contribution in [0, 0.1) is 15.9 Å². The second-order valence-electron chi connectivity index (χ2n) is 5.21. The smallest absolute Gasteiger partial charge is 0.408 e. The number of carbonyl (C=O) groups is 1. The van der Waals surface area contributed by atoms with Crippen molar-refractivity contribution in [1.82, 2.24) is 4.57 Å². The minimum atomic E-state index is -0.787. The number of aryl methyl sites for hydroxylation is 1. The van der Waals surface area contributed by atoms with Gasteiger partial charge in [-0.1, -0.05) is 12.1 Å². The van der Waals surface area contributed by atoms with E-state index in [9.17, 15) is 24.1 Å².